The molecular formula is C27H28Cl2N4O3. The Kier molecular flexibility index (Phi) is 8.11. The lowest BCUT2D eigenvalue weighted by atomic mass is 10.0. The van der Waals surface area contributed by atoms with Crippen molar-refractivity contribution < 1.29 is 14.7 Å². The Bertz CT molecular complexity index is 1260. The molecule has 1 aliphatic rings. The van der Waals surface area contributed by atoms with Gasteiger partial charge in [-0.3, -0.25) is 9.59 Å². The number of amides is 1. The molecule has 0 saturated carbocycles. The average molecular weight is 527 g/mol. The van der Waals surface area contributed by atoms with E-state index in [1.54, 1.807) is 18.2 Å². The maximum absolute atomic E-state index is 13.6. The zero-order valence-electron chi connectivity index (χ0n) is 20.2. The topological polar surface area (TPSA) is 86.6 Å². The van der Waals surface area contributed by atoms with E-state index in [9.17, 15) is 14.7 Å². The molecule has 3 aromatic rings. The molecule has 1 amide bonds. The fourth-order valence-corrected chi connectivity index (χ4v) is 4.93. The molecule has 4 rings (SSSR count). The molecule has 36 heavy (non-hydrogen) atoms. The Morgan fingerprint density at radius 1 is 1.08 bits per heavy atom. The zero-order valence-corrected chi connectivity index (χ0v) is 21.8. The van der Waals surface area contributed by atoms with Crippen LogP contribution in [0.5, 0.6) is 0 Å². The predicted octanol–water partition coefficient (Wildman–Crippen LogP) is 5.12. The second-order valence-corrected chi connectivity index (χ2v) is 10.1. The number of rotatable bonds is 8. The number of carbonyl (C=O) groups is 2. The monoisotopic (exact) mass is 526 g/mol. The number of anilines is 1. The third kappa shape index (κ3) is 5.97. The minimum Gasteiger partial charge on any atom is -0.480 e. The molecular weight excluding hydrogens is 499 g/mol. The molecule has 1 aromatic heterocycles. The van der Waals surface area contributed by atoms with Gasteiger partial charge in [-0.25, -0.2) is 9.97 Å². The van der Waals surface area contributed by atoms with Crippen LogP contribution in [0, 0.1) is 5.92 Å². The van der Waals surface area contributed by atoms with E-state index in [2.05, 4.69) is 22.0 Å². The largest absolute Gasteiger partial charge is 0.480 e. The number of nitrogens with zero attached hydrogens (tertiary/aromatic N) is 4. The van der Waals surface area contributed by atoms with Gasteiger partial charge in [0.25, 0.3) is 5.91 Å². The van der Waals surface area contributed by atoms with Crippen LogP contribution in [0.25, 0.3) is 0 Å². The van der Waals surface area contributed by atoms with E-state index in [0.717, 1.165) is 13.0 Å². The average Bonchev–Trinajstić information content (AvgIpc) is 2.84. The summed E-state index contributed by atoms with van der Waals surface area (Å²) in [5, 5.41) is 10.3. The van der Waals surface area contributed by atoms with Gasteiger partial charge in [-0.05, 0) is 41.2 Å². The molecule has 0 saturated heterocycles. The molecule has 2 heterocycles. The van der Waals surface area contributed by atoms with Gasteiger partial charge in [-0.2, -0.15) is 0 Å². The van der Waals surface area contributed by atoms with Crippen LogP contribution in [-0.2, 0) is 24.2 Å². The van der Waals surface area contributed by atoms with Gasteiger partial charge in [0.2, 0.25) is 5.95 Å². The molecule has 2 aromatic carbocycles. The van der Waals surface area contributed by atoms with E-state index < -0.39 is 18.4 Å². The van der Waals surface area contributed by atoms with Gasteiger partial charge in [0, 0.05) is 42.3 Å². The smallest absolute Gasteiger partial charge is 0.323 e. The van der Waals surface area contributed by atoms with Crippen molar-refractivity contribution in [3.05, 3.63) is 86.7 Å². The van der Waals surface area contributed by atoms with Crippen molar-refractivity contribution in [1.29, 1.82) is 0 Å². The maximum Gasteiger partial charge on any atom is 0.323 e. The number of carboxylic acid groups (broad SMARTS) is 1. The second-order valence-electron chi connectivity index (χ2n) is 9.32. The summed E-state index contributed by atoms with van der Waals surface area (Å²) in [5.74, 6) is -0.916. The summed E-state index contributed by atoms with van der Waals surface area (Å²) < 4.78 is 0. The summed E-state index contributed by atoms with van der Waals surface area (Å²) in [4.78, 5) is 37.8. The summed E-state index contributed by atoms with van der Waals surface area (Å²) in [5.41, 5.74) is 3.87. The minimum atomic E-state index is -1.08. The lowest BCUT2D eigenvalue weighted by Gasteiger charge is -2.29. The van der Waals surface area contributed by atoms with Gasteiger partial charge >= 0.3 is 5.97 Å². The SMILES string of the molecule is CC(C)CN(CC(=O)O)C(=O)c1cnc(N2CCc3ccccc3C2)nc1Cc1c(Cl)cccc1Cl. The number of carboxylic acids is 1. The van der Waals surface area contributed by atoms with Crippen molar-refractivity contribution in [3.63, 3.8) is 0 Å². The quantitative estimate of drug-likeness (QED) is 0.438. The lowest BCUT2D eigenvalue weighted by Crippen LogP contribution is -2.39. The first-order valence-corrected chi connectivity index (χ1v) is 12.6. The molecule has 0 bridgehead atoms. The van der Waals surface area contributed by atoms with Crippen LogP contribution < -0.4 is 4.90 Å². The van der Waals surface area contributed by atoms with Crippen molar-refractivity contribution in [3.8, 4) is 0 Å². The van der Waals surface area contributed by atoms with Crippen molar-refractivity contribution in [2.24, 2.45) is 5.92 Å². The molecule has 9 heteroatoms. The summed E-state index contributed by atoms with van der Waals surface area (Å²) in [6, 6.07) is 13.5. The standard InChI is InChI=1S/C27H28Cl2N4O3/c1-17(2)14-33(16-25(34)35)26(36)21-13-30-27(32-11-10-18-6-3-4-7-19(18)15-32)31-24(21)12-20-22(28)8-5-9-23(20)29/h3-9,13,17H,10-12,14-16H2,1-2H3,(H,34,35). The van der Waals surface area contributed by atoms with E-state index in [-0.39, 0.29) is 17.9 Å². The molecule has 7 nitrogen and oxygen atoms in total. The third-order valence-corrected chi connectivity index (χ3v) is 6.81. The van der Waals surface area contributed by atoms with Gasteiger partial charge in [0.05, 0.1) is 11.3 Å². The Morgan fingerprint density at radius 2 is 1.78 bits per heavy atom. The molecule has 0 aliphatic carbocycles. The van der Waals surface area contributed by atoms with Crippen LogP contribution in [0.1, 0.15) is 46.6 Å². The van der Waals surface area contributed by atoms with Crippen molar-refractivity contribution >= 4 is 41.0 Å². The predicted molar refractivity (Wildman–Crippen MR) is 141 cm³/mol. The Balaban J connectivity index is 1.74. The number of hydrogen-bond acceptors (Lipinski definition) is 5. The molecule has 0 unspecified atom stereocenters. The molecule has 0 spiro atoms. The third-order valence-electron chi connectivity index (χ3n) is 6.10. The van der Waals surface area contributed by atoms with E-state index >= 15 is 0 Å². The number of halogens is 2. The Labute approximate surface area is 220 Å². The summed E-state index contributed by atoms with van der Waals surface area (Å²) in [7, 11) is 0. The minimum absolute atomic E-state index is 0.0865. The highest BCUT2D eigenvalue weighted by Crippen LogP contribution is 2.29. The highest BCUT2D eigenvalue weighted by Gasteiger charge is 2.26. The van der Waals surface area contributed by atoms with E-state index in [0.29, 0.717) is 40.3 Å². The maximum atomic E-state index is 13.6. The van der Waals surface area contributed by atoms with E-state index in [1.807, 2.05) is 26.0 Å². The molecule has 0 fully saturated rings. The molecule has 1 N–H and O–H groups in total. The Hall–Kier alpha value is -3.16. The highest BCUT2D eigenvalue weighted by molar-refractivity contribution is 6.36. The normalized spacial score (nSPS) is 13.0. The van der Waals surface area contributed by atoms with Crippen LogP contribution in [0.15, 0.2) is 48.7 Å². The first-order chi connectivity index (χ1) is 17.2. The first-order valence-electron chi connectivity index (χ1n) is 11.8. The highest BCUT2D eigenvalue weighted by atomic mass is 35.5. The first kappa shape index (κ1) is 25.9. The van der Waals surface area contributed by atoms with E-state index in [1.165, 1.54) is 22.2 Å². The van der Waals surface area contributed by atoms with Crippen molar-refractivity contribution in [1.82, 2.24) is 14.9 Å². The molecule has 1 aliphatic heterocycles. The molecule has 188 valence electrons. The summed E-state index contributed by atoms with van der Waals surface area (Å²) in [6.07, 6.45) is 2.58. The fraction of sp³-hybridized carbons (Fsp3) is 0.333. The molecule has 0 radical (unpaired) electrons. The number of aliphatic carboxylic acids is 1. The Morgan fingerprint density at radius 3 is 2.44 bits per heavy atom. The van der Waals surface area contributed by atoms with Crippen LogP contribution >= 0.6 is 23.2 Å². The summed E-state index contributed by atoms with van der Waals surface area (Å²) in [6.45, 7) is 5.15. The second kappa shape index (κ2) is 11.3. The molecule has 0 atom stereocenters. The van der Waals surface area contributed by atoms with Gasteiger partial charge in [-0.1, -0.05) is 67.4 Å². The van der Waals surface area contributed by atoms with Gasteiger partial charge in [-0.15, -0.1) is 0 Å². The zero-order chi connectivity index (χ0) is 25.8. The lowest BCUT2D eigenvalue weighted by molar-refractivity contribution is -0.137. The number of aromatic nitrogens is 2. The number of carbonyl (C=O) groups excluding carboxylic acids is 1. The number of fused-ring (bicyclic) bond motifs is 1. The van der Waals surface area contributed by atoms with Gasteiger partial charge in [0.1, 0.15) is 6.54 Å². The van der Waals surface area contributed by atoms with E-state index in [4.69, 9.17) is 28.2 Å². The van der Waals surface area contributed by atoms with Gasteiger partial charge < -0.3 is 14.9 Å². The number of hydrogen-bond donors (Lipinski definition) is 1. The van der Waals surface area contributed by atoms with Gasteiger partial charge in [0.15, 0.2) is 0 Å². The van der Waals surface area contributed by atoms with Crippen LogP contribution in [0.4, 0.5) is 5.95 Å². The van der Waals surface area contributed by atoms with Crippen LogP contribution in [0.2, 0.25) is 10.0 Å². The van der Waals surface area contributed by atoms with Crippen molar-refractivity contribution in [2.75, 3.05) is 24.5 Å². The van der Waals surface area contributed by atoms with Crippen molar-refractivity contribution in [2.45, 2.75) is 33.2 Å². The van der Waals surface area contributed by atoms with Crippen LogP contribution in [0.3, 0.4) is 0 Å². The number of benzene rings is 2. The fourth-order valence-electron chi connectivity index (χ4n) is 4.40. The van der Waals surface area contributed by atoms with Crippen LogP contribution in [-0.4, -0.2) is 51.5 Å². The summed E-state index contributed by atoms with van der Waals surface area (Å²) >= 11 is 12.9.